The number of nitrogens with zero attached hydrogens (tertiary/aromatic N) is 4. The van der Waals surface area contributed by atoms with E-state index in [0.717, 1.165) is 37.9 Å². The van der Waals surface area contributed by atoms with Gasteiger partial charge in [-0.2, -0.15) is 9.57 Å². The largest absolute Gasteiger partial charge is 0.354 e. The van der Waals surface area contributed by atoms with E-state index in [9.17, 15) is 13.7 Å². The molecule has 0 spiro atoms. The summed E-state index contributed by atoms with van der Waals surface area (Å²) in [6.45, 7) is 3.29. The van der Waals surface area contributed by atoms with Crippen LogP contribution in [0.15, 0.2) is 12.1 Å². The molecule has 2 fully saturated rings. The Morgan fingerprint density at radius 2 is 2.09 bits per heavy atom. The molecule has 23 heavy (non-hydrogen) atoms. The van der Waals surface area contributed by atoms with Crippen molar-refractivity contribution in [2.45, 2.75) is 43.9 Å². The van der Waals surface area contributed by atoms with Gasteiger partial charge in [-0.1, -0.05) is 0 Å². The molecule has 1 saturated heterocycles. The summed E-state index contributed by atoms with van der Waals surface area (Å²) in [6, 6.07) is 5.74. The number of piperidine rings is 1. The van der Waals surface area contributed by atoms with Crippen molar-refractivity contribution < 1.29 is 8.42 Å². The van der Waals surface area contributed by atoms with Gasteiger partial charge in [0.2, 0.25) is 10.0 Å². The van der Waals surface area contributed by atoms with Gasteiger partial charge in [0.25, 0.3) is 0 Å². The Kier molecular flexibility index (Phi) is 4.30. The molecule has 1 unspecified atom stereocenters. The molecule has 0 bridgehead atoms. The van der Waals surface area contributed by atoms with Gasteiger partial charge in [-0.3, -0.25) is 0 Å². The SMILES string of the molecule is Cc1ccc(C#N)c(N2CCCC(N(C)S(=O)(=O)C3CC3)C2)n1. The summed E-state index contributed by atoms with van der Waals surface area (Å²) in [7, 11) is -1.48. The third-order valence-electron chi connectivity index (χ3n) is 4.69. The smallest absolute Gasteiger partial charge is 0.217 e. The molecule has 3 rings (SSSR count). The van der Waals surface area contributed by atoms with Crippen molar-refractivity contribution >= 4 is 15.8 Å². The lowest BCUT2D eigenvalue weighted by Gasteiger charge is -2.38. The molecule has 1 aromatic heterocycles. The van der Waals surface area contributed by atoms with E-state index < -0.39 is 10.0 Å². The van der Waals surface area contributed by atoms with Gasteiger partial charge in [-0.15, -0.1) is 0 Å². The maximum Gasteiger partial charge on any atom is 0.217 e. The minimum absolute atomic E-state index is 0.0526. The second-order valence-electron chi connectivity index (χ2n) is 6.44. The van der Waals surface area contributed by atoms with Crippen LogP contribution in [-0.4, -0.2) is 49.1 Å². The molecule has 0 aromatic carbocycles. The second-order valence-corrected chi connectivity index (χ2v) is 8.71. The Hall–Kier alpha value is -1.65. The molecule has 0 radical (unpaired) electrons. The van der Waals surface area contributed by atoms with Gasteiger partial charge in [0.15, 0.2) is 0 Å². The normalized spacial score (nSPS) is 22.2. The van der Waals surface area contributed by atoms with E-state index in [0.29, 0.717) is 17.9 Å². The summed E-state index contributed by atoms with van der Waals surface area (Å²) in [5, 5.41) is 9.12. The van der Waals surface area contributed by atoms with Crippen LogP contribution in [-0.2, 0) is 10.0 Å². The van der Waals surface area contributed by atoms with E-state index in [1.165, 1.54) is 0 Å². The van der Waals surface area contributed by atoms with E-state index in [-0.39, 0.29) is 11.3 Å². The summed E-state index contributed by atoms with van der Waals surface area (Å²) in [6.07, 6.45) is 3.31. The van der Waals surface area contributed by atoms with Crippen molar-refractivity contribution in [1.82, 2.24) is 9.29 Å². The standard InChI is InChI=1S/C16H22N4O2S/c1-12-5-6-13(10-17)16(18-12)20-9-3-4-14(11-20)19(2)23(21,22)15-7-8-15/h5-6,14-15H,3-4,7-9,11H2,1-2H3. The molecule has 1 aromatic rings. The fourth-order valence-electron chi connectivity index (χ4n) is 3.12. The van der Waals surface area contributed by atoms with Crippen LogP contribution in [0.3, 0.4) is 0 Å². The van der Waals surface area contributed by atoms with Crippen molar-refractivity contribution in [2.75, 3.05) is 25.0 Å². The molecule has 2 aliphatic rings. The molecular weight excluding hydrogens is 312 g/mol. The van der Waals surface area contributed by atoms with E-state index in [2.05, 4.69) is 16.0 Å². The highest BCUT2D eigenvalue weighted by molar-refractivity contribution is 7.90. The van der Waals surface area contributed by atoms with Gasteiger partial charge >= 0.3 is 0 Å². The second kappa shape index (κ2) is 6.10. The lowest BCUT2D eigenvalue weighted by atomic mass is 10.1. The van der Waals surface area contributed by atoms with Crippen LogP contribution in [0.5, 0.6) is 0 Å². The number of rotatable bonds is 4. The van der Waals surface area contributed by atoms with Gasteiger partial charge in [0, 0.05) is 31.9 Å². The first-order chi connectivity index (χ1) is 10.9. The molecule has 124 valence electrons. The van der Waals surface area contributed by atoms with Crippen molar-refractivity contribution in [2.24, 2.45) is 0 Å². The third-order valence-corrected chi connectivity index (χ3v) is 7.11. The van der Waals surface area contributed by atoms with Crippen LogP contribution >= 0.6 is 0 Å². The summed E-state index contributed by atoms with van der Waals surface area (Å²) in [5.41, 5.74) is 1.41. The molecule has 0 amide bonds. The maximum atomic E-state index is 12.5. The minimum atomic E-state index is -3.17. The van der Waals surface area contributed by atoms with Gasteiger partial charge in [-0.05, 0) is 44.7 Å². The average Bonchev–Trinajstić information content (AvgIpc) is 3.39. The predicted octanol–water partition coefficient (Wildman–Crippen LogP) is 1.65. The number of aromatic nitrogens is 1. The Labute approximate surface area is 137 Å². The summed E-state index contributed by atoms with van der Waals surface area (Å²) >= 11 is 0. The average molecular weight is 334 g/mol. The monoisotopic (exact) mass is 334 g/mol. The van der Waals surface area contributed by atoms with Crippen molar-refractivity contribution in [3.05, 3.63) is 23.4 Å². The number of anilines is 1. The van der Waals surface area contributed by atoms with Gasteiger partial charge in [-0.25, -0.2) is 13.4 Å². The molecule has 1 saturated carbocycles. The zero-order chi connectivity index (χ0) is 16.6. The van der Waals surface area contributed by atoms with Crippen LogP contribution in [0.2, 0.25) is 0 Å². The van der Waals surface area contributed by atoms with E-state index in [1.54, 1.807) is 17.4 Å². The Bertz CT molecular complexity index is 737. The quantitative estimate of drug-likeness (QED) is 0.837. The molecule has 1 atom stereocenters. The fourth-order valence-corrected chi connectivity index (χ4v) is 4.91. The van der Waals surface area contributed by atoms with Crippen LogP contribution in [0.4, 0.5) is 5.82 Å². The molecule has 1 aliphatic heterocycles. The van der Waals surface area contributed by atoms with Gasteiger partial charge in [0.1, 0.15) is 11.9 Å². The fraction of sp³-hybridized carbons (Fsp3) is 0.625. The Balaban J connectivity index is 1.81. The highest BCUT2D eigenvalue weighted by Crippen LogP contribution is 2.33. The zero-order valence-corrected chi connectivity index (χ0v) is 14.4. The van der Waals surface area contributed by atoms with Crippen molar-refractivity contribution in [1.29, 1.82) is 5.26 Å². The number of hydrogen-bond acceptors (Lipinski definition) is 5. The number of sulfonamides is 1. The molecule has 1 aliphatic carbocycles. The topological polar surface area (TPSA) is 77.3 Å². The van der Waals surface area contributed by atoms with Crippen LogP contribution in [0, 0.1) is 18.3 Å². The maximum absolute atomic E-state index is 12.5. The first-order valence-electron chi connectivity index (χ1n) is 8.03. The Morgan fingerprint density at radius 1 is 1.35 bits per heavy atom. The van der Waals surface area contributed by atoms with Crippen molar-refractivity contribution in [3.63, 3.8) is 0 Å². The predicted molar refractivity (Wildman–Crippen MR) is 88.6 cm³/mol. The lowest BCUT2D eigenvalue weighted by molar-refractivity contribution is 0.319. The molecule has 2 heterocycles. The van der Waals surface area contributed by atoms with Gasteiger partial charge < -0.3 is 4.90 Å². The number of hydrogen-bond donors (Lipinski definition) is 0. The minimum Gasteiger partial charge on any atom is -0.354 e. The van der Waals surface area contributed by atoms with E-state index in [1.807, 2.05) is 13.0 Å². The van der Waals surface area contributed by atoms with Crippen LogP contribution in [0.1, 0.15) is 36.9 Å². The van der Waals surface area contributed by atoms with Crippen LogP contribution < -0.4 is 4.90 Å². The van der Waals surface area contributed by atoms with Crippen molar-refractivity contribution in [3.8, 4) is 6.07 Å². The zero-order valence-electron chi connectivity index (χ0n) is 13.6. The van der Waals surface area contributed by atoms with E-state index in [4.69, 9.17) is 0 Å². The Morgan fingerprint density at radius 3 is 2.74 bits per heavy atom. The number of nitriles is 1. The summed E-state index contributed by atoms with van der Waals surface area (Å²) in [5.74, 6) is 0.675. The highest BCUT2D eigenvalue weighted by atomic mass is 32.2. The van der Waals surface area contributed by atoms with Crippen LogP contribution in [0.25, 0.3) is 0 Å². The molecule has 7 heteroatoms. The first-order valence-corrected chi connectivity index (χ1v) is 9.53. The van der Waals surface area contributed by atoms with Gasteiger partial charge in [0.05, 0.1) is 10.8 Å². The first kappa shape index (κ1) is 16.2. The summed E-state index contributed by atoms with van der Waals surface area (Å²) < 4.78 is 26.5. The summed E-state index contributed by atoms with van der Waals surface area (Å²) in [4.78, 5) is 6.56. The number of aryl methyl sites for hydroxylation is 1. The van der Waals surface area contributed by atoms with E-state index >= 15 is 0 Å². The molecule has 6 nitrogen and oxygen atoms in total. The number of likely N-dealkylation sites (N-methyl/N-ethyl adjacent to an activating group) is 1. The highest BCUT2D eigenvalue weighted by Gasteiger charge is 2.41. The molecular formula is C16H22N4O2S. The number of pyridine rings is 1. The third kappa shape index (κ3) is 3.19. The lowest BCUT2D eigenvalue weighted by Crippen LogP contribution is -2.49. The molecule has 0 N–H and O–H groups in total.